The number of rotatable bonds is 6. The van der Waals surface area contributed by atoms with Crippen LogP contribution in [0.1, 0.15) is 11.4 Å². The van der Waals surface area contributed by atoms with Crippen molar-refractivity contribution in [1.29, 1.82) is 0 Å². The smallest absolute Gasteiger partial charge is 0.257 e. The van der Waals surface area contributed by atoms with Gasteiger partial charge in [0.15, 0.2) is 5.82 Å². The van der Waals surface area contributed by atoms with Crippen LogP contribution in [0.15, 0.2) is 47.0 Å². The van der Waals surface area contributed by atoms with Crippen LogP contribution in [0.2, 0.25) is 0 Å². The number of nitrogens with zero attached hydrogens (tertiary/aromatic N) is 2. The Morgan fingerprint density at radius 1 is 1.04 bits per heavy atom. The van der Waals surface area contributed by atoms with Crippen molar-refractivity contribution in [3.63, 3.8) is 0 Å². The second kappa shape index (κ2) is 7.44. The highest BCUT2D eigenvalue weighted by Crippen LogP contribution is 2.26. The van der Waals surface area contributed by atoms with Crippen LogP contribution in [0.4, 0.5) is 8.78 Å². The molecule has 3 aromatic rings. The van der Waals surface area contributed by atoms with Crippen molar-refractivity contribution in [3.05, 3.63) is 65.5 Å². The topological polar surface area (TPSA) is 48.2 Å². The molecule has 4 nitrogen and oxygen atoms in total. The Hall–Kier alpha value is -2.41. The molecule has 0 bridgehead atoms. The zero-order chi connectivity index (χ0) is 16.9. The summed E-state index contributed by atoms with van der Waals surface area (Å²) in [5, 5.41) is 3.90. The quantitative estimate of drug-likeness (QED) is 0.658. The van der Waals surface area contributed by atoms with Crippen LogP contribution in [0.3, 0.4) is 0 Å². The standard InChI is InChI=1S/C17H14F2N2O2S/c1-22-15-7-6-14(19)8-12(15)9-24-10-16-20-17(23-21-16)11-2-4-13(18)5-3-11/h2-8H,9-10H2,1H3. The summed E-state index contributed by atoms with van der Waals surface area (Å²) < 4.78 is 36.6. The fourth-order valence-electron chi connectivity index (χ4n) is 2.13. The van der Waals surface area contributed by atoms with Gasteiger partial charge in [0.1, 0.15) is 17.4 Å². The molecule has 0 atom stereocenters. The van der Waals surface area contributed by atoms with Crippen LogP contribution in [0.5, 0.6) is 5.75 Å². The van der Waals surface area contributed by atoms with Crippen molar-refractivity contribution >= 4 is 11.8 Å². The number of hydrogen-bond acceptors (Lipinski definition) is 5. The zero-order valence-corrected chi connectivity index (χ0v) is 13.6. The maximum Gasteiger partial charge on any atom is 0.257 e. The van der Waals surface area contributed by atoms with Gasteiger partial charge in [-0.25, -0.2) is 8.78 Å². The first kappa shape index (κ1) is 16.4. The van der Waals surface area contributed by atoms with E-state index in [0.29, 0.717) is 34.5 Å². The molecule has 0 aliphatic carbocycles. The molecule has 0 aliphatic heterocycles. The van der Waals surface area contributed by atoms with Crippen molar-refractivity contribution < 1.29 is 18.0 Å². The molecule has 0 fully saturated rings. The minimum Gasteiger partial charge on any atom is -0.496 e. The summed E-state index contributed by atoms with van der Waals surface area (Å²) in [6.45, 7) is 0. The summed E-state index contributed by atoms with van der Waals surface area (Å²) in [5.41, 5.74) is 1.43. The van der Waals surface area contributed by atoms with E-state index in [1.807, 2.05) is 0 Å². The van der Waals surface area contributed by atoms with E-state index in [9.17, 15) is 8.78 Å². The number of hydrogen-bond donors (Lipinski definition) is 0. The van der Waals surface area contributed by atoms with Crippen LogP contribution >= 0.6 is 11.8 Å². The third-order valence-electron chi connectivity index (χ3n) is 3.29. The Balaban J connectivity index is 1.62. The molecule has 0 aliphatic rings. The van der Waals surface area contributed by atoms with E-state index >= 15 is 0 Å². The molecular weight excluding hydrogens is 334 g/mol. The monoisotopic (exact) mass is 348 g/mol. The lowest BCUT2D eigenvalue weighted by atomic mass is 10.2. The third-order valence-corrected chi connectivity index (χ3v) is 4.27. The maximum absolute atomic E-state index is 13.3. The molecule has 7 heteroatoms. The molecule has 1 aromatic heterocycles. The second-order valence-electron chi connectivity index (χ2n) is 4.97. The predicted octanol–water partition coefficient (Wildman–Crippen LogP) is 4.46. The first-order chi connectivity index (χ1) is 11.7. The molecule has 0 radical (unpaired) electrons. The van der Waals surface area contributed by atoms with Gasteiger partial charge in [0.2, 0.25) is 0 Å². The van der Waals surface area contributed by atoms with Crippen LogP contribution in [0, 0.1) is 11.6 Å². The van der Waals surface area contributed by atoms with Crippen LogP contribution in [-0.2, 0) is 11.5 Å². The SMILES string of the molecule is COc1ccc(F)cc1CSCc1noc(-c2ccc(F)cc2)n1. The molecule has 0 saturated heterocycles. The molecule has 0 N–H and O–H groups in total. The van der Waals surface area contributed by atoms with E-state index < -0.39 is 0 Å². The Kier molecular flexibility index (Phi) is 5.10. The average Bonchev–Trinajstić information content (AvgIpc) is 3.05. The van der Waals surface area contributed by atoms with Gasteiger partial charge in [-0.15, -0.1) is 11.8 Å². The van der Waals surface area contributed by atoms with Crippen molar-refractivity contribution in [2.45, 2.75) is 11.5 Å². The van der Waals surface area contributed by atoms with Gasteiger partial charge in [0.25, 0.3) is 5.89 Å². The van der Waals surface area contributed by atoms with Crippen molar-refractivity contribution in [1.82, 2.24) is 10.1 Å². The van der Waals surface area contributed by atoms with Gasteiger partial charge in [0, 0.05) is 16.9 Å². The highest BCUT2D eigenvalue weighted by Gasteiger charge is 2.10. The molecule has 1 heterocycles. The lowest BCUT2D eigenvalue weighted by Crippen LogP contribution is -1.92. The molecule has 0 amide bonds. The minimum atomic E-state index is -0.321. The van der Waals surface area contributed by atoms with E-state index in [0.717, 1.165) is 5.56 Å². The maximum atomic E-state index is 13.3. The Morgan fingerprint density at radius 2 is 1.79 bits per heavy atom. The van der Waals surface area contributed by atoms with Gasteiger partial charge in [-0.2, -0.15) is 4.98 Å². The fourth-order valence-corrected chi connectivity index (χ4v) is 2.98. The van der Waals surface area contributed by atoms with Crippen LogP contribution < -0.4 is 4.74 Å². The van der Waals surface area contributed by atoms with Crippen LogP contribution in [0.25, 0.3) is 11.5 Å². The van der Waals surface area contributed by atoms with Gasteiger partial charge >= 0.3 is 0 Å². The van der Waals surface area contributed by atoms with Gasteiger partial charge in [-0.3, -0.25) is 0 Å². The van der Waals surface area contributed by atoms with Gasteiger partial charge in [0.05, 0.1) is 12.9 Å². The lowest BCUT2D eigenvalue weighted by molar-refractivity contribution is 0.410. The van der Waals surface area contributed by atoms with E-state index in [2.05, 4.69) is 10.1 Å². The number of halogens is 2. The van der Waals surface area contributed by atoms with Crippen molar-refractivity contribution in [2.75, 3.05) is 7.11 Å². The number of benzene rings is 2. The average molecular weight is 348 g/mol. The molecular formula is C17H14F2N2O2S. The Morgan fingerprint density at radius 3 is 2.54 bits per heavy atom. The number of thioether (sulfide) groups is 1. The first-order valence-electron chi connectivity index (χ1n) is 7.14. The van der Waals surface area contributed by atoms with E-state index in [4.69, 9.17) is 9.26 Å². The van der Waals surface area contributed by atoms with E-state index in [-0.39, 0.29) is 11.6 Å². The number of ether oxygens (including phenoxy) is 1. The predicted molar refractivity (Wildman–Crippen MR) is 87.6 cm³/mol. The molecule has 124 valence electrons. The molecule has 0 saturated carbocycles. The summed E-state index contributed by atoms with van der Waals surface area (Å²) in [5.74, 6) is 1.95. The third kappa shape index (κ3) is 3.91. The van der Waals surface area contributed by atoms with E-state index in [1.165, 1.54) is 36.0 Å². The van der Waals surface area contributed by atoms with Gasteiger partial charge < -0.3 is 9.26 Å². The fraction of sp³-hybridized carbons (Fsp3) is 0.176. The normalized spacial score (nSPS) is 10.8. The van der Waals surface area contributed by atoms with Crippen LogP contribution in [-0.4, -0.2) is 17.3 Å². The summed E-state index contributed by atoms with van der Waals surface area (Å²) in [6.07, 6.45) is 0. The molecule has 0 spiro atoms. The number of methoxy groups -OCH3 is 1. The van der Waals surface area contributed by atoms with E-state index in [1.54, 1.807) is 25.3 Å². The highest BCUT2D eigenvalue weighted by molar-refractivity contribution is 7.97. The van der Waals surface area contributed by atoms with Crippen molar-refractivity contribution in [3.8, 4) is 17.2 Å². The summed E-state index contributed by atoms with van der Waals surface area (Å²) in [6, 6.07) is 10.3. The largest absolute Gasteiger partial charge is 0.496 e. The molecule has 0 unspecified atom stereocenters. The summed E-state index contributed by atoms with van der Waals surface area (Å²) in [4.78, 5) is 4.28. The lowest BCUT2D eigenvalue weighted by Gasteiger charge is -2.07. The Labute approximate surface area is 141 Å². The zero-order valence-electron chi connectivity index (χ0n) is 12.8. The molecule has 3 rings (SSSR count). The first-order valence-corrected chi connectivity index (χ1v) is 8.30. The molecule has 24 heavy (non-hydrogen) atoms. The Bertz CT molecular complexity index is 822. The highest BCUT2D eigenvalue weighted by atomic mass is 32.2. The summed E-state index contributed by atoms with van der Waals surface area (Å²) >= 11 is 1.52. The molecule has 2 aromatic carbocycles. The van der Waals surface area contributed by atoms with Crippen molar-refractivity contribution in [2.24, 2.45) is 0 Å². The van der Waals surface area contributed by atoms with Gasteiger partial charge in [-0.05, 0) is 42.5 Å². The van der Waals surface area contributed by atoms with Gasteiger partial charge in [-0.1, -0.05) is 5.16 Å². The minimum absolute atomic E-state index is 0.301. The summed E-state index contributed by atoms with van der Waals surface area (Å²) in [7, 11) is 1.55. The number of aromatic nitrogens is 2. The second-order valence-corrected chi connectivity index (χ2v) is 5.96.